The number of aliphatic hydroxyl groups is 2. The summed E-state index contributed by atoms with van der Waals surface area (Å²) >= 11 is 0. The maximum Gasteiger partial charge on any atom is 0.246 e. The predicted molar refractivity (Wildman–Crippen MR) is 335 cm³/mol. The van der Waals surface area contributed by atoms with Crippen molar-refractivity contribution in [3.8, 4) is 0 Å². The summed E-state index contributed by atoms with van der Waals surface area (Å²) in [5, 5.41) is 46.0. The van der Waals surface area contributed by atoms with Crippen molar-refractivity contribution < 1.29 is 72.5 Å². The molecular weight excluding hydrogens is 1210 g/mol. The number of H-pyrrole nitrogens is 1. The van der Waals surface area contributed by atoms with Gasteiger partial charge in [-0.25, -0.2) is 0 Å². The van der Waals surface area contributed by atoms with Crippen LogP contribution >= 0.6 is 0 Å². The van der Waals surface area contributed by atoms with Crippen molar-refractivity contribution in [1.82, 2.24) is 68.0 Å². The van der Waals surface area contributed by atoms with Crippen LogP contribution in [0.5, 0.6) is 0 Å². The van der Waals surface area contributed by atoms with Gasteiger partial charge >= 0.3 is 0 Å². The predicted octanol–water partition coefficient (Wildman–Crippen LogP) is -5.26. The molecule has 12 atom stereocenters. The van der Waals surface area contributed by atoms with E-state index in [1.807, 2.05) is 0 Å². The summed E-state index contributed by atoms with van der Waals surface area (Å²) in [6.45, 7) is 3.71. The van der Waals surface area contributed by atoms with Crippen molar-refractivity contribution in [2.24, 2.45) is 22.2 Å². The zero-order valence-electron chi connectivity index (χ0n) is 52.2. The van der Waals surface area contributed by atoms with Gasteiger partial charge in [-0.3, -0.25) is 67.3 Å². The van der Waals surface area contributed by atoms with Gasteiger partial charge in [0.1, 0.15) is 66.5 Å². The minimum Gasteiger partial charge on any atom is -0.394 e. The standard InChI is InChI=1S/C61H85N17O15/c1-32(68-56(89)45(31-79)70-35(4)81)51(84)71-41(21-12-24-65-61(63)64)53(86)74-43(28-37-29-66-39-18-9-8-17-38(37)39)55(88)72-40-19-10-11-20-42(59(92)77-25-13-22-46(77)57(90)67-30-48(82)76-49(34(3)80)50(62)83)73-52(85)33(2)69-58(91)47-23-14-26-78(47)60(93)44(75-54(40)87)27-36-15-6-5-7-16-36/h5-11,15-18,29,32-34,40-47,49,66,79-80H,12-14,19-28,30-31H2,1-4H3,(H2,62,83)(H,67,90)(H,68,89)(H,69,91)(H,70,81)(H,71,84)(H,72,88)(H,73,85)(H,74,86)(H,75,87)(H,76,82)(H4,63,64,65)/b11-10-/t32-,33-,34+,40-,41-,42-,43-,44-,45-,46-,47-,49-/m0/s1. The zero-order valence-corrected chi connectivity index (χ0v) is 52.2. The van der Waals surface area contributed by atoms with Gasteiger partial charge in [0.15, 0.2) is 5.96 Å². The highest BCUT2D eigenvalue weighted by Crippen LogP contribution is 2.24. The Hall–Kier alpha value is -9.98. The molecule has 3 aliphatic heterocycles. The molecule has 0 unspecified atom stereocenters. The van der Waals surface area contributed by atoms with Crippen LogP contribution in [0.1, 0.15) is 90.2 Å². The molecule has 2 aromatic carbocycles. The number of nitrogens with one attached hydrogen (secondary N) is 11. The second-order valence-electron chi connectivity index (χ2n) is 23.1. The number of benzene rings is 2. The summed E-state index contributed by atoms with van der Waals surface area (Å²) < 4.78 is 0. The minimum absolute atomic E-state index is 0.00137. The SMILES string of the molecule is CC(=O)N[C@@H](CO)C(=O)N[C@@H](C)C(=O)N[C@@H](CCCN=C(N)N)C(=O)N[C@@H](Cc1c[nH]c2ccccc12)C(=O)N[C@H]1C/C=C\C[C@@H](C(=O)N2CCC[C@H]2C(=O)NCC(=O)N[C@H](C(N)=O)[C@@H](C)O)NC(=O)[C@H](C)NC(=O)[C@@H]2CCCN2C(=O)[C@H](Cc2ccccc2)NC1=O. The number of aromatic amines is 1. The lowest BCUT2D eigenvalue weighted by Gasteiger charge is -2.31. The van der Waals surface area contributed by atoms with E-state index in [2.05, 4.69) is 63.1 Å². The molecule has 2 fully saturated rings. The zero-order chi connectivity index (χ0) is 68.1. The maximum absolute atomic E-state index is 15.2. The number of guanidine groups is 1. The number of primary amides is 1. The third-order valence-corrected chi connectivity index (χ3v) is 16.0. The lowest BCUT2D eigenvalue weighted by Crippen LogP contribution is -2.60. The summed E-state index contributed by atoms with van der Waals surface area (Å²) in [5.41, 5.74) is 18.2. The van der Waals surface area contributed by atoms with E-state index >= 15 is 9.59 Å². The molecule has 0 bridgehead atoms. The summed E-state index contributed by atoms with van der Waals surface area (Å²) in [4.78, 5) is 189. The van der Waals surface area contributed by atoms with E-state index in [4.69, 9.17) is 17.2 Å². The first kappa shape index (κ1) is 72.1. The number of likely N-dealkylation sites (tertiary alicyclic amines) is 1. The van der Waals surface area contributed by atoms with Crippen molar-refractivity contribution >= 4 is 93.7 Å². The van der Waals surface area contributed by atoms with Crippen LogP contribution in [-0.2, 0) is 75.2 Å². The highest BCUT2D eigenvalue weighted by atomic mass is 16.3. The third kappa shape index (κ3) is 20.8. The molecule has 0 saturated carbocycles. The van der Waals surface area contributed by atoms with Gasteiger partial charge in [-0.2, -0.15) is 0 Å². The second-order valence-corrected chi connectivity index (χ2v) is 23.1. The molecule has 13 amide bonds. The number of aromatic nitrogens is 1. The van der Waals surface area contributed by atoms with E-state index in [1.165, 1.54) is 42.7 Å². The molecule has 32 heteroatoms. The number of rotatable bonds is 25. The third-order valence-electron chi connectivity index (χ3n) is 16.0. The number of carbonyl (C=O) groups is 13. The van der Waals surface area contributed by atoms with Crippen molar-refractivity contribution in [3.63, 3.8) is 0 Å². The highest BCUT2D eigenvalue weighted by molar-refractivity contribution is 6.00. The molecule has 0 spiro atoms. The van der Waals surface area contributed by atoms with Gasteiger partial charge in [0.25, 0.3) is 0 Å². The molecule has 0 aliphatic carbocycles. The van der Waals surface area contributed by atoms with Crippen LogP contribution in [0, 0.1) is 0 Å². The molecule has 3 aromatic rings. The van der Waals surface area contributed by atoms with Crippen LogP contribution in [0.3, 0.4) is 0 Å². The Bertz CT molecular complexity index is 3280. The summed E-state index contributed by atoms with van der Waals surface area (Å²) in [7, 11) is 0. The van der Waals surface area contributed by atoms with E-state index in [9.17, 15) is 63.0 Å². The fourth-order valence-electron chi connectivity index (χ4n) is 11.0. The quantitative estimate of drug-likeness (QED) is 0.0163. The van der Waals surface area contributed by atoms with Crippen LogP contribution in [0.2, 0.25) is 0 Å². The van der Waals surface area contributed by atoms with Gasteiger partial charge in [-0.15, -0.1) is 0 Å². The number of aliphatic imine (C=N–C) groups is 1. The van der Waals surface area contributed by atoms with E-state index in [1.54, 1.807) is 60.8 Å². The number of nitrogens with zero attached hydrogens (tertiary/aromatic N) is 3. The molecule has 3 aliphatic rings. The van der Waals surface area contributed by atoms with Crippen molar-refractivity contribution in [3.05, 3.63) is 84.1 Å². The Morgan fingerprint density at radius 2 is 1.42 bits per heavy atom. The van der Waals surface area contributed by atoms with Gasteiger partial charge < -0.3 is 95.4 Å². The molecule has 6 rings (SSSR count). The normalized spacial score (nSPS) is 21.8. The smallest absolute Gasteiger partial charge is 0.246 e. The molecule has 19 N–H and O–H groups in total. The minimum atomic E-state index is -1.58. The van der Waals surface area contributed by atoms with Crippen molar-refractivity contribution in [1.29, 1.82) is 0 Å². The average molecular weight is 1300 g/mol. The molecule has 93 heavy (non-hydrogen) atoms. The lowest BCUT2D eigenvalue weighted by molar-refractivity contribution is -0.143. The van der Waals surface area contributed by atoms with Crippen LogP contribution in [0.4, 0.5) is 0 Å². The van der Waals surface area contributed by atoms with Crippen LogP contribution in [0.15, 0.2) is 77.9 Å². The van der Waals surface area contributed by atoms with Gasteiger partial charge in [0.05, 0.1) is 19.3 Å². The fraction of sp³-hybridized carbons (Fsp3) is 0.508. The van der Waals surface area contributed by atoms with E-state index in [0.29, 0.717) is 34.9 Å². The number of hydrogen-bond donors (Lipinski definition) is 16. The Labute approximate surface area is 535 Å². The maximum atomic E-state index is 15.2. The number of fused-ring (bicyclic) bond motifs is 2. The first-order valence-corrected chi connectivity index (χ1v) is 30.7. The molecule has 1 aromatic heterocycles. The van der Waals surface area contributed by atoms with Crippen molar-refractivity contribution in [2.75, 3.05) is 32.8 Å². The van der Waals surface area contributed by atoms with Crippen molar-refractivity contribution in [2.45, 2.75) is 164 Å². The highest BCUT2D eigenvalue weighted by Gasteiger charge is 2.42. The first-order valence-electron chi connectivity index (χ1n) is 30.7. The number of carbonyl (C=O) groups excluding carboxylic acids is 13. The lowest BCUT2D eigenvalue weighted by atomic mass is 10.0. The monoisotopic (exact) mass is 1300 g/mol. The largest absolute Gasteiger partial charge is 0.394 e. The number of amides is 13. The van der Waals surface area contributed by atoms with E-state index in [0.717, 1.165) is 6.92 Å². The van der Waals surface area contributed by atoms with Gasteiger partial charge in [-0.1, -0.05) is 60.7 Å². The van der Waals surface area contributed by atoms with Gasteiger partial charge in [0.2, 0.25) is 76.8 Å². The summed E-state index contributed by atoms with van der Waals surface area (Å²) in [6.07, 6.45) is 3.19. The van der Waals surface area contributed by atoms with Gasteiger partial charge in [0, 0.05) is 56.5 Å². The number of para-hydroxylation sites is 1. The van der Waals surface area contributed by atoms with E-state index < -0.39 is 163 Å². The first-order chi connectivity index (χ1) is 44.3. The Morgan fingerprint density at radius 1 is 0.742 bits per heavy atom. The molecule has 32 nitrogen and oxygen atoms in total. The molecular formula is C61H85N17O15. The second kappa shape index (κ2) is 34.4. The van der Waals surface area contributed by atoms with Crippen LogP contribution in [-0.4, -0.2) is 213 Å². The van der Waals surface area contributed by atoms with Crippen LogP contribution < -0.4 is 70.4 Å². The molecule has 0 radical (unpaired) electrons. The Morgan fingerprint density at radius 3 is 2.11 bits per heavy atom. The molecule has 504 valence electrons. The molecule has 2 saturated heterocycles. The Balaban J connectivity index is 1.35. The topological polar surface area (TPSA) is 495 Å². The number of nitrogens with two attached hydrogens (primary N) is 3. The summed E-state index contributed by atoms with van der Waals surface area (Å²) in [5.74, 6) is -10.9. The Kier molecular flexibility index (Phi) is 26.7. The number of hydrogen-bond acceptors (Lipinski definition) is 16. The fourth-order valence-corrected chi connectivity index (χ4v) is 11.0. The average Bonchev–Trinajstić information content (AvgIpc) is 1.84. The number of aliphatic hydroxyl groups excluding tert-OH is 2. The van der Waals surface area contributed by atoms with Gasteiger partial charge in [-0.05, 0) is 89.3 Å². The molecule has 4 heterocycles. The van der Waals surface area contributed by atoms with E-state index in [-0.39, 0.29) is 77.0 Å². The summed E-state index contributed by atoms with van der Waals surface area (Å²) in [6, 6.07) is 0.693. The van der Waals surface area contributed by atoms with Crippen LogP contribution in [0.25, 0.3) is 10.9 Å².